The number of hydrogen-bond donors (Lipinski definition) is 2. The number of amidine groups is 1. The summed E-state index contributed by atoms with van der Waals surface area (Å²) in [4.78, 5) is 28.5. The Kier molecular flexibility index (Phi) is 4.40. The lowest BCUT2D eigenvalue weighted by atomic mass is 9.78. The van der Waals surface area contributed by atoms with Crippen LogP contribution in [0, 0.1) is 5.41 Å². The van der Waals surface area contributed by atoms with Gasteiger partial charge in [0.1, 0.15) is 11.3 Å². The maximum atomic E-state index is 12.3. The second kappa shape index (κ2) is 6.08. The highest BCUT2D eigenvalue weighted by molar-refractivity contribution is 6.21. The van der Waals surface area contributed by atoms with Crippen LogP contribution in [0.4, 0.5) is 4.79 Å². The van der Waals surface area contributed by atoms with Gasteiger partial charge in [0, 0.05) is 0 Å². The summed E-state index contributed by atoms with van der Waals surface area (Å²) in [7, 11) is 0. The molecule has 3 amide bonds. The van der Waals surface area contributed by atoms with Crippen LogP contribution in [0.1, 0.15) is 45.2 Å². The van der Waals surface area contributed by atoms with Crippen molar-refractivity contribution in [1.82, 2.24) is 10.6 Å². The highest BCUT2D eigenvalue weighted by atomic mass is 16.2. The molecule has 1 aliphatic heterocycles. The van der Waals surface area contributed by atoms with Crippen molar-refractivity contribution < 1.29 is 9.59 Å². The Labute approximate surface area is 124 Å². The van der Waals surface area contributed by atoms with E-state index in [4.69, 9.17) is 0 Å². The molecule has 21 heavy (non-hydrogen) atoms. The average Bonchev–Trinajstić information content (AvgIpc) is 2.49. The number of amides is 3. The molecule has 0 bridgehead atoms. The van der Waals surface area contributed by atoms with Gasteiger partial charge in [-0.1, -0.05) is 44.2 Å². The first-order valence-corrected chi connectivity index (χ1v) is 7.29. The van der Waals surface area contributed by atoms with Crippen molar-refractivity contribution in [2.45, 2.75) is 39.7 Å². The van der Waals surface area contributed by atoms with Crippen LogP contribution in [0.15, 0.2) is 35.3 Å². The lowest BCUT2D eigenvalue weighted by Crippen LogP contribution is -2.62. The minimum absolute atomic E-state index is 0.120. The molecule has 5 nitrogen and oxygen atoms in total. The highest BCUT2D eigenvalue weighted by Crippen LogP contribution is 2.31. The number of hydrogen-bond acceptors (Lipinski definition) is 3. The fourth-order valence-electron chi connectivity index (χ4n) is 2.65. The van der Waals surface area contributed by atoms with Gasteiger partial charge in [-0.25, -0.2) is 4.79 Å². The van der Waals surface area contributed by atoms with Crippen molar-refractivity contribution in [3.63, 3.8) is 0 Å². The first-order valence-electron chi connectivity index (χ1n) is 7.29. The van der Waals surface area contributed by atoms with E-state index in [1.165, 1.54) is 0 Å². The molecule has 1 unspecified atom stereocenters. The topological polar surface area (TPSA) is 70.6 Å². The van der Waals surface area contributed by atoms with E-state index in [1.807, 2.05) is 51.1 Å². The molecule has 1 fully saturated rings. The summed E-state index contributed by atoms with van der Waals surface area (Å²) < 4.78 is 0. The highest BCUT2D eigenvalue weighted by Gasteiger charge is 2.45. The maximum absolute atomic E-state index is 12.3. The molecule has 1 aromatic rings. The van der Waals surface area contributed by atoms with Crippen molar-refractivity contribution >= 4 is 17.8 Å². The normalized spacial score (nSPS) is 20.8. The minimum atomic E-state index is -0.753. The number of carbonyl (C=O) groups excluding carboxylic acids is 2. The number of nitrogens with one attached hydrogen (secondary N) is 2. The third-order valence-corrected chi connectivity index (χ3v) is 4.16. The smallest absolute Gasteiger partial charge is 0.295 e. The van der Waals surface area contributed by atoms with Crippen LogP contribution >= 0.6 is 0 Å². The second-order valence-electron chi connectivity index (χ2n) is 5.26. The Morgan fingerprint density at radius 2 is 1.71 bits per heavy atom. The molecule has 1 heterocycles. The molecule has 112 valence electrons. The number of aliphatic imine (C=N–C) groups is 1. The fourth-order valence-corrected chi connectivity index (χ4v) is 2.65. The molecule has 0 saturated carbocycles. The van der Waals surface area contributed by atoms with E-state index in [2.05, 4.69) is 15.6 Å². The number of imide groups is 1. The molecule has 0 aromatic heterocycles. The van der Waals surface area contributed by atoms with Crippen LogP contribution in [0.5, 0.6) is 0 Å². The monoisotopic (exact) mass is 287 g/mol. The van der Waals surface area contributed by atoms with E-state index < -0.39 is 11.4 Å². The van der Waals surface area contributed by atoms with E-state index in [9.17, 15) is 9.59 Å². The maximum Gasteiger partial charge on any atom is 0.326 e. The number of urea groups is 1. The van der Waals surface area contributed by atoms with Crippen LogP contribution in [-0.4, -0.2) is 17.8 Å². The lowest BCUT2D eigenvalue weighted by molar-refractivity contribution is -0.127. The summed E-state index contributed by atoms with van der Waals surface area (Å²) >= 11 is 0. The lowest BCUT2D eigenvalue weighted by Gasteiger charge is -2.35. The first kappa shape index (κ1) is 15.2. The van der Waals surface area contributed by atoms with Gasteiger partial charge in [-0.15, -0.1) is 0 Å². The third kappa shape index (κ3) is 2.82. The summed E-state index contributed by atoms with van der Waals surface area (Å²) in [6.45, 7) is 5.82. The van der Waals surface area contributed by atoms with Crippen molar-refractivity contribution in [2.24, 2.45) is 10.4 Å². The van der Waals surface area contributed by atoms with Gasteiger partial charge in [0.2, 0.25) is 5.91 Å². The number of carbonyl (C=O) groups is 2. The molecule has 5 heteroatoms. The van der Waals surface area contributed by atoms with E-state index >= 15 is 0 Å². The fraction of sp³-hybridized carbons (Fsp3) is 0.438. The molecule has 0 spiro atoms. The van der Waals surface area contributed by atoms with Crippen molar-refractivity contribution in [3.8, 4) is 0 Å². The largest absolute Gasteiger partial charge is 0.326 e. The van der Waals surface area contributed by atoms with Gasteiger partial charge in [0.15, 0.2) is 0 Å². The van der Waals surface area contributed by atoms with Gasteiger partial charge in [-0.2, -0.15) is 0 Å². The second-order valence-corrected chi connectivity index (χ2v) is 5.26. The van der Waals surface area contributed by atoms with Crippen LogP contribution in [-0.2, 0) is 4.79 Å². The molecule has 2 N–H and O–H groups in total. The zero-order chi connectivity index (χ0) is 15.5. The average molecular weight is 287 g/mol. The van der Waals surface area contributed by atoms with E-state index in [-0.39, 0.29) is 11.9 Å². The summed E-state index contributed by atoms with van der Waals surface area (Å²) in [5, 5.41) is 5.06. The van der Waals surface area contributed by atoms with Gasteiger partial charge in [-0.3, -0.25) is 20.4 Å². The van der Waals surface area contributed by atoms with Gasteiger partial charge >= 0.3 is 6.03 Å². The SMILES string of the molecule is CCC1(CC)C(=O)NC(=O)NC1=NC(C)c1ccccc1. The zero-order valence-corrected chi connectivity index (χ0v) is 12.6. The molecular formula is C16H21N3O2. The standard InChI is InChI=1S/C16H21N3O2/c1-4-16(5-2)13(18-15(21)19-14(16)20)17-11(3)12-9-7-6-8-10-12/h6-11H,4-5H2,1-3H3,(H2,17,18,19,20,21). The Bertz CT molecular complexity index is 562. The van der Waals surface area contributed by atoms with Crippen LogP contribution < -0.4 is 10.6 Å². The summed E-state index contributed by atoms with van der Waals surface area (Å²) in [5.74, 6) is 0.202. The molecule has 1 aliphatic rings. The molecular weight excluding hydrogens is 266 g/mol. The van der Waals surface area contributed by atoms with Gasteiger partial charge < -0.3 is 0 Å². The van der Waals surface area contributed by atoms with Crippen LogP contribution in [0.2, 0.25) is 0 Å². The molecule has 0 radical (unpaired) electrons. The summed E-state index contributed by atoms with van der Waals surface area (Å²) in [6.07, 6.45) is 1.19. The van der Waals surface area contributed by atoms with E-state index in [0.717, 1.165) is 5.56 Å². The Morgan fingerprint density at radius 1 is 1.10 bits per heavy atom. The Morgan fingerprint density at radius 3 is 2.29 bits per heavy atom. The predicted molar refractivity (Wildman–Crippen MR) is 82.0 cm³/mol. The van der Waals surface area contributed by atoms with Gasteiger partial charge in [0.25, 0.3) is 0 Å². The summed E-state index contributed by atoms with van der Waals surface area (Å²) in [6, 6.07) is 9.19. The molecule has 2 rings (SSSR count). The third-order valence-electron chi connectivity index (χ3n) is 4.16. The Balaban J connectivity index is 2.39. The van der Waals surface area contributed by atoms with E-state index in [0.29, 0.717) is 18.7 Å². The van der Waals surface area contributed by atoms with Crippen LogP contribution in [0.3, 0.4) is 0 Å². The molecule has 1 aromatic carbocycles. The minimum Gasteiger partial charge on any atom is -0.295 e. The Hall–Kier alpha value is -2.17. The predicted octanol–water partition coefficient (Wildman–Crippen LogP) is 2.79. The summed E-state index contributed by atoms with van der Waals surface area (Å²) in [5.41, 5.74) is 0.295. The molecule has 1 atom stereocenters. The van der Waals surface area contributed by atoms with Crippen molar-refractivity contribution in [3.05, 3.63) is 35.9 Å². The molecule has 0 aliphatic carbocycles. The van der Waals surface area contributed by atoms with Gasteiger partial charge in [-0.05, 0) is 25.3 Å². The van der Waals surface area contributed by atoms with E-state index in [1.54, 1.807) is 0 Å². The van der Waals surface area contributed by atoms with Crippen LogP contribution in [0.25, 0.3) is 0 Å². The number of benzene rings is 1. The number of rotatable bonds is 4. The zero-order valence-electron chi connectivity index (χ0n) is 12.6. The van der Waals surface area contributed by atoms with Crippen molar-refractivity contribution in [1.29, 1.82) is 0 Å². The first-order chi connectivity index (χ1) is 10.0. The van der Waals surface area contributed by atoms with Crippen molar-refractivity contribution in [2.75, 3.05) is 0 Å². The quantitative estimate of drug-likeness (QED) is 0.894. The van der Waals surface area contributed by atoms with Gasteiger partial charge in [0.05, 0.1) is 6.04 Å². The number of nitrogens with zero attached hydrogens (tertiary/aromatic N) is 1. The molecule has 1 saturated heterocycles.